The maximum absolute atomic E-state index is 13.3. The Hall–Kier alpha value is -0.720. The zero-order valence-electron chi connectivity index (χ0n) is 20.2. The lowest BCUT2D eigenvalue weighted by Crippen LogP contribution is -2.53. The molecule has 1 amide bonds. The van der Waals surface area contributed by atoms with Crippen molar-refractivity contribution in [3.8, 4) is 0 Å². The number of alkyl halides is 1. The van der Waals surface area contributed by atoms with Gasteiger partial charge in [0.2, 0.25) is 5.91 Å². The highest BCUT2D eigenvalue weighted by Crippen LogP contribution is 2.40. The summed E-state index contributed by atoms with van der Waals surface area (Å²) in [7, 11) is 1.79. The van der Waals surface area contributed by atoms with Crippen LogP contribution in [0.5, 0.6) is 0 Å². The lowest BCUT2D eigenvalue weighted by molar-refractivity contribution is -0.137. The molecule has 0 saturated carbocycles. The molecule has 0 aromatic heterocycles. The van der Waals surface area contributed by atoms with Crippen molar-refractivity contribution in [2.45, 2.75) is 65.8 Å². The fourth-order valence-electron chi connectivity index (χ4n) is 5.28. The summed E-state index contributed by atoms with van der Waals surface area (Å²) in [6.45, 7) is 16.2. The third-order valence-corrected chi connectivity index (χ3v) is 7.42. The number of piperazine rings is 1. The molecule has 0 radical (unpaired) electrons. The summed E-state index contributed by atoms with van der Waals surface area (Å²) in [6, 6.07) is 0.503. The molecule has 176 valence electrons. The number of likely N-dealkylation sites (tertiary alicyclic amines) is 1. The number of methoxy groups -OCH3 is 1. The minimum Gasteiger partial charge on any atom is -0.383 e. The third kappa shape index (κ3) is 7.16. The van der Waals surface area contributed by atoms with Gasteiger partial charge < -0.3 is 14.5 Å². The standard InChI is InChI=1S/C24H46FN3O2/c1-20(2)22(19-30-5)27-17-15-26(16-18-27)12-6-7-24(8-11-25)9-13-28(14-10-24)23(29)21(3)4/h20-22H,6-19H2,1-5H3. The quantitative estimate of drug-likeness (QED) is 0.504. The fourth-order valence-corrected chi connectivity index (χ4v) is 5.28. The molecule has 2 heterocycles. The van der Waals surface area contributed by atoms with Crippen molar-refractivity contribution < 1.29 is 13.9 Å². The average Bonchev–Trinajstić information content (AvgIpc) is 2.73. The van der Waals surface area contributed by atoms with E-state index < -0.39 is 0 Å². The van der Waals surface area contributed by atoms with Gasteiger partial charge in [0.05, 0.1) is 13.3 Å². The minimum absolute atomic E-state index is 0.0523. The second kappa shape index (κ2) is 12.4. The Balaban J connectivity index is 1.76. The first-order valence-electron chi connectivity index (χ1n) is 12.1. The van der Waals surface area contributed by atoms with Gasteiger partial charge in [-0.05, 0) is 50.0 Å². The van der Waals surface area contributed by atoms with Gasteiger partial charge in [-0.15, -0.1) is 0 Å². The normalized spacial score (nSPS) is 22.1. The van der Waals surface area contributed by atoms with Gasteiger partial charge in [0, 0.05) is 58.3 Å². The third-order valence-electron chi connectivity index (χ3n) is 7.42. The van der Waals surface area contributed by atoms with Crippen LogP contribution < -0.4 is 0 Å². The monoisotopic (exact) mass is 427 g/mol. The van der Waals surface area contributed by atoms with Crippen LogP contribution in [-0.4, -0.2) is 92.9 Å². The van der Waals surface area contributed by atoms with Crippen molar-refractivity contribution in [2.24, 2.45) is 17.3 Å². The highest BCUT2D eigenvalue weighted by atomic mass is 19.1. The van der Waals surface area contributed by atoms with E-state index in [9.17, 15) is 9.18 Å². The number of hydrogen-bond donors (Lipinski definition) is 0. The zero-order valence-corrected chi connectivity index (χ0v) is 20.2. The number of carbonyl (C=O) groups is 1. The van der Waals surface area contributed by atoms with Crippen molar-refractivity contribution in [3.05, 3.63) is 0 Å². The number of halogens is 1. The summed E-state index contributed by atoms with van der Waals surface area (Å²) >= 11 is 0. The first-order chi connectivity index (χ1) is 14.3. The first kappa shape index (κ1) is 25.5. The Morgan fingerprint density at radius 3 is 2.13 bits per heavy atom. The molecule has 0 N–H and O–H groups in total. The molecule has 0 aromatic carbocycles. The number of amides is 1. The van der Waals surface area contributed by atoms with Crippen LogP contribution in [0, 0.1) is 17.3 Å². The summed E-state index contributed by atoms with van der Waals surface area (Å²) in [5.74, 6) is 0.900. The molecule has 6 heteroatoms. The maximum Gasteiger partial charge on any atom is 0.225 e. The Labute approximate surface area is 184 Å². The number of nitrogens with zero attached hydrogens (tertiary/aromatic N) is 3. The molecule has 0 aromatic rings. The lowest BCUT2D eigenvalue weighted by atomic mass is 9.72. The molecule has 0 bridgehead atoms. The molecular weight excluding hydrogens is 381 g/mol. The maximum atomic E-state index is 13.3. The Bertz CT molecular complexity index is 499. The summed E-state index contributed by atoms with van der Waals surface area (Å²) in [5, 5.41) is 0. The van der Waals surface area contributed by atoms with E-state index in [1.807, 2.05) is 18.7 Å². The van der Waals surface area contributed by atoms with Crippen molar-refractivity contribution in [1.29, 1.82) is 0 Å². The average molecular weight is 428 g/mol. The van der Waals surface area contributed by atoms with E-state index >= 15 is 0 Å². The molecule has 2 aliphatic rings. The smallest absolute Gasteiger partial charge is 0.225 e. The van der Waals surface area contributed by atoms with Crippen LogP contribution in [0.15, 0.2) is 0 Å². The minimum atomic E-state index is -0.243. The molecule has 2 aliphatic heterocycles. The number of carbonyl (C=O) groups excluding carboxylic acids is 1. The fraction of sp³-hybridized carbons (Fsp3) is 0.958. The Kier molecular flexibility index (Phi) is 10.5. The van der Waals surface area contributed by atoms with E-state index in [0.717, 1.165) is 78.1 Å². The van der Waals surface area contributed by atoms with Crippen molar-refractivity contribution >= 4 is 5.91 Å². The van der Waals surface area contributed by atoms with Crippen LogP contribution in [0.2, 0.25) is 0 Å². The predicted octanol–water partition coefficient (Wildman–Crippen LogP) is 3.68. The molecule has 1 unspecified atom stereocenters. The second-order valence-corrected chi connectivity index (χ2v) is 10.2. The van der Waals surface area contributed by atoms with E-state index in [-0.39, 0.29) is 23.9 Å². The summed E-state index contributed by atoms with van der Waals surface area (Å²) in [6.07, 6.45) is 4.77. The Morgan fingerprint density at radius 1 is 1.00 bits per heavy atom. The van der Waals surface area contributed by atoms with Crippen molar-refractivity contribution in [3.63, 3.8) is 0 Å². The molecule has 0 spiro atoms. The van der Waals surface area contributed by atoms with Crippen LogP contribution >= 0.6 is 0 Å². The van der Waals surface area contributed by atoms with Crippen LogP contribution in [0.1, 0.15) is 59.8 Å². The molecule has 2 rings (SSSR count). The van der Waals surface area contributed by atoms with Gasteiger partial charge >= 0.3 is 0 Å². The van der Waals surface area contributed by atoms with Crippen LogP contribution in [0.25, 0.3) is 0 Å². The second-order valence-electron chi connectivity index (χ2n) is 10.2. The van der Waals surface area contributed by atoms with Gasteiger partial charge in [-0.2, -0.15) is 0 Å². The van der Waals surface area contributed by atoms with E-state index in [1.54, 1.807) is 7.11 Å². The SMILES string of the molecule is COCC(C(C)C)N1CCN(CCCC2(CCF)CCN(C(=O)C(C)C)CC2)CC1. The van der Waals surface area contributed by atoms with Crippen molar-refractivity contribution in [1.82, 2.24) is 14.7 Å². The van der Waals surface area contributed by atoms with Gasteiger partial charge in [0.15, 0.2) is 0 Å². The van der Waals surface area contributed by atoms with E-state index in [2.05, 4.69) is 23.6 Å². The topological polar surface area (TPSA) is 36.0 Å². The molecule has 0 aliphatic carbocycles. The van der Waals surface area contributed by atoms with Gasteiger partial charge in [0.25, 0.3) is 0 Å². The van der Waals surface area contributed by atoms with Gasteiger partial charge in [-0.3, -0.25) is 14.1 Å². The van der Waals surface area contributed by atoms with Crippen LogP contribution in [0.4, 0.5) is 4.39 Å². The molecular formula is C24H46FN3O2. The van der Waals surface area contributed by atoms with E-state index in [4.69, 9.17) is 4.74 Å². The molecule has 30 heavy (non-hydrogen) atoms. The van der Waals surface area contributed by atoms with Gasteiger partial charge in [-0.1, -0.05) is 27.7 Å². The molecule has 2 fully saturated rings. The van der Waals surface area contributed by atoms with E-state index in [0.29, 0.717) is 18.4 Å². The molecule has 2 saturated heterocycles. The van der Waals surface area contributed by atoms with Gasteiger partial charge in [0.1, 0.15) is 0 Å². The largest absolute Gasteiger partial charge is 0.383 e. The summed E-state index contributed by atoms with van der Waals surface area (Å²) in [5.41, 5.74) is 0.0888. The van der Waals surface area contributed by atoms with Crippen LogP contribution in [0.3, 0.4) is 0 Å². The molecule has 5 nitrogen and oxygen atoms in total. The highest BCUT2D eigenvalue weighted by molar-refractivity contribution is 5.78. The predicted molar refractivity (Wildman–Crippen MR) is 121 cm³/mol. The first-order valence-corrected chi connectivity index (χ1v) is 12.1. The van der Waals surface area contributed by atoms with Crippen molar-refractivity contribution in [2.75, 3.05) is 66.2 Å². The lowest BCUT2D eigenvalue weighted by Gasteiger charge is -2.43. The van der Waals surface area contributed by atoms with Crippen LogP contribution in [-0.2, 0) is 9.53 Å². The van der Waals surface area contributed by atoms with Gasteiger partial charge in [-0.25, -0.2) is 0 Å². The number of piperidine rings is 1. The summed E-state index contributed by atoms with van der Waals surface area (Å²) < 4.78 is 18.8. The number of ether oxygens (including phenoxy) is 1. The number of hydrogen-bond acceptors (Lipinski definition) is 4. The highest BCUT2D eigenvalue weighted by Gasteiger charge is 2.36. The van der Waals surface area contributed by atoms with E-state index in [1.165, 1.54) is 0 Å². The summed E-state index contributed by atoms with van der Waals surface area (Å²) in [4.78, 5) is 19.4. The number of rotatable bonds is 11. The zero-order chi connectivity index (χ0) is 22.1. The Morgan fingerprint density at radius 2 is 1.63 bits per heavy atom. The molecule has 1 atom stereocenters.